The lowest BCUT2D eigenvalue weighted by atomic mass is 10.0. The van der Waals surface area contributed by atoms with Gasteiger partial charge in [0, 0.05) is 42.3 Å². The molecule has 0 spiro atoms. The van der Waals surface area contributed by atoms with Crippen molar-refractivity contribution in [2.75, 3.05) is 44.2 Å². The van der Waals surface area contributed by atoms with Crippen LogP contribution >= 0.6 is 23.1 Å². The number of β-lactam (4-membered cyclic amide) rings is 1. The minimum Gasteiger partial charge on any atom is -0.503 e. The summed E-state index contributed by atoms with van der Waals surface area (Å²) in [7, 11) is 0. The van der Waals surface area contributed by atoms with Crippen molar-refractivity contribution in [3.05, 3.63) is 56.2 Å². The lowest BCUT2D eigenvalue weighted by Gasteiger charge is -2.50. The average molecular weight is 832 g/mol. The van der Waals surface area contributed by atoms with Crippen molar-refractivity contribution in [2.24, 2.45) is 5.16 Å². The van der Waals surface area contributed by atoms with E-state index in [-0.39, 0.29) is 58.4 Å². The topological polar surface area (TPSA) is 276 Å². The summed E-state index contributed by atoms with van der Waals surface area (Å²) in [6, 6.07) is -0.388. The number of thioether (sulfide) groups is 1. The third-order valence-electron chi connectivity index (χ3n) is 10.2. The van der Waals surface area contributed by atoms with Crippen LogP contribution in [0.5, 0.6) is 11.5 Å². The second-order valence-electron chi connectivity index (χ2n) is 14.3. The number of carbonyl (C=O) groups excluding carboxylic acids is 3. The second-order valence-corrected chi connectivity index (χ2v) is 16.3. The number of carboxylic acids is 2. The van der Waals surface area contributed by atoms with Crippen LogP contribution in [0.3, 0.4) is 0 Å². The van der Waals surface area contributed by atoms with Gasteiger partial charge in [-0.25, -0.2) is 19.0 Å². The number of phenols is 2. The number of thiazole rings is 1. The van der Waals surface area contributed by atoms with Crippen molar-refractivity contribution in [3.63, 3.8) is 0 Å². The van der Waals surface area contributed by atoms with E-state index in [1.807, 2.05) is 0 Å². The van der Waals surface area contributed by atoms with Crippen LogP contribution in [0, 0.1) is 5.82 Å². The Hall–Kier alpha value is -5.74. The molecule has 3 amide bonds. The Bertz CT molecular complexity index is 2320. The number of aromatic hydroxyl groups is 2. The number of nitrogens with zero attached hydrogens (tertiary/aromatic N) is 5. The van der Waals surface area contributed by atoms with Crippen LogP contribution in [0.4, 0.5) is 9.52 Å². The number of fused-ring (bicyclic) bond motifs is 2. The molecule has 1 unspecified atom stereocenters. The molecule has 0 radical (unpaired) electrons. The maximum Gasteiger partial charge on any atom is 0.352 e. The third-order valence-corrected chi connectivity index (χ3v) is 12.2. The van der Waals surface area contributed by atoms with E-state index in [0.717, 1.165) is 35.1 Å². The van der Waals surface area contributed by atoms with Gasteiger partial charge in [-0.3, -0.25) is 24.1 Å². The number of nitrogens with two attached hydrogens (primary N) is 1. The van der Waals surface area contributed by atoms with E-state index in [1.54, 1.807) is 6.92 Å². The molecule has 22 heteroatoms. The highest BCUT2D eigenvalue weighted by Crippen LogP contribution is 2.42. The Morgan fingerprint density at radius 2 is 1.86 bits per heavy atom. The largest absolute Gasteiger partial charge is 0.503 e. The molecule has 57 heavy (non-hydrogen) atoms. The van der Waals surface area contributed by atoms with Crippen LogP contribution in [-0.2, 0) is 30.6 Å². The number of aromatic nitrogens is 2. The lowest BCUT2D eigenvalue weighted by molar-refractivity contribution is -0.911. The van der Waals surface area contributed by atoms with E-state index in [1.165, 1.54) is 41.8 Å². The van der Waals surface area contributed by atoms with Gasteiger partial charge in [0.1, 0.15) is 34.9 Å². The van der Waals surface area contributed by atoms with Gasteiger partial charge in [-0.05, 0) is 26.8 Å². The summed E-state index contributed by atoms with van der Waals surface area (Å²) in [5, 5.41) is 49.5. The lowest BCUT2D eigenvalue weighted by Crippen LogP contribution is -2.71. The molecule has 1 aromatic carbocycles. The summed E-state index contributed by atoms with van der Waals surface area (Å²) in [6.45, 7) is 6.29. The number of nitrogens with one attached hydrogen (secondary N) is 2. The molecule has 3 aliphatic rings. The standard InChI is InChI=1S/C35H39FN8O11S2/c1-4-42-12-18(25(45)17-11-19(36)26(46)27(47)24(17)42)28(48)38-7-10-44(8-5-6-9-44)13-16-14-56-31-22(30(50)43(31)23(16)32(51)52)40-29(49)21(20-15-57-34(37)39-20)41-55-35(2,3)33(53)54/h11-12,15,22,31H,4-10,13-14H2,1-3H3,(H7-,37,38,39,40,41,45,46,47,48,49,51,52,53,54)/p+1/t22-,31?/m1/s1. The van der Waals surface area contributed by atoms with Gasteiger partial charge in [-0.1, -0.05) is 5.16 Å². The minimum absolute atomic E-state index is 0.0208. The predicted octanol–water partition coefficient (Wildman–Crippen LogP) is 0.974. The van der Waals surface area contributed by atoms with Gasteiger partial charge in [0.15, 0.2) is 28.2 Å². The molecular formula is C35H40FN8O11S2+. The number of aryl methyl sites for hydroxylation is 1. The highest BCUT2D eigenvalue weighted by atomic mass is 32.2. The van der Waals surface area contributed by atoms with Gasteiger partial charge >= 0.3 is 11.9 Å². The highest BCUT2D eigenvalue weighted by molar-refractivity contribution is 8.00. The van der Waals surface area contributed by atoms with E-state index in [9.17, 15) is 53.6 Å². The van der Waals surface area contributed by atoms with E-state index in [4.69, 9.17) is 10.6 Å². The number of amides is 3. The quantitative estimate of drug-likeness (QED) is 0.0392. The smallest absolute Gasteiger partial charge is 0.352 e. The fourth-order valence-electron chi connectivity index (χ4n) is 7.10. The summed E-state index contributed by atoms with van der Waals surface area (Å²) >= 11 is 2.25. The number of carbonyl (C=O) groups is 5. The SMILES string of the molecule is CCn1cc(C(=O)NCC[N+]2(CC3=C(C(=O)O)N4C(=O)[C@@H](NC(=O)/C(=N\OC(C)(C)C(=O)O)c5csc(N)n5)C4SC3)CCCC2)c(=O)c2cc(F)c(O)c(O)c21. The van der Waals surface area contributed by atoms with Gasteiger partial charge < -0.3 is 50.7 Å². The number of nitrogen functional groups attached to an aromatic ring is 1. The number of quaternary nitrogens is 1. The Morgan fingerprint density at radius 1 is 1.16 bits per heavy atom. The number of benzene rings is 1. The van der Waals surface area contributed by atoms with Crippen molar-refractivity contribution < 1.29 is 58.1 Å². The molecule has 0 bridgehead atoms. The molecule has 3 aromatic rings. The maximum atomic E-state index is 14.3. The highest BCUT2D eigenvalue weighted by Gasteiger charge is 2.55. The first-order chi connectivity index (χ1) is 26.9. The number of rotatable bonds is 14. The summed E-state index contributed by atoms with van der Waals surface area (Å²) in [5.74, 6) is -7.86. The number of pyridine rings is 1. The fourth-order valence-corrected chi connectivity index (χ4v) is 8.99. The number of hydrogen-bond acceptors (Lipinski definition) is 14. The molecule has 5 heterocycles. The van der Waals surface area contributed by atoms with E-state index in [2.05, 4.69) is 20.8 Å². The monoisotopic (exact) mass is 831 g/mol. The van der Waals surface area contributed by atoms with E-state index in [0.29, 0.717) is 29.7 Å². The van der Waals surface area contributed by atoms with Gasteiger partial charge in [0.2, 0.25) is 11.0 Å². The maximum absolute atomic E-state index is 14.3. The molecule has 0 saturated carbocycles. The molecule has 19 nitrogen and oxygen atoms in total. The van der Waals surface area contributed by atoms with Crippen LogP contribution in [0.1, 0.15) is 49.7 Å². The fraction of sp³-hybridized carbons (Fsp3) is 0.429. The van der Waals surface area contributed by atoms with Gasteiger partial charge in [0.05, 0.1) is 37.1 Å². The average Bonchev–Trinajstić information content (AvgIpc) is 3.81. The third kappa shape index (κ3) is 7.70. The summed E-state index contributed by atoms with van der Waals surface area (Å²) < 4.78 is 16.0. The first kappa shape index (κ1) is 40.9. The van der Waals surface area contributed by atoms with Crippen molar-refractivity contribution in [1.82, 2.24) is 25.1 Å². The zero-order chi connectivity index (χ0) is 41.6. The van der Waals surface area contributed by atoms with E-state index < -0.39 is 75.1 Å². The van der Waals surface area contributed by atoms with Gasteiger partial charge in [0.25, 0.3) is 17.7 Å². The summed E-state index contributed by atoms with van der Waals surface area (Å²) in [5.41, 5.74) is 2.50. The molecule has 8 N–H and O–H groups in total. The van der Waals surface area contributed by atoms with Crippen molar-refractivity contribution >= 4 is 74.5 Å². The second kappa shape index (κ2) is 15.7. The van der Waals surface area contributed by atoms with Crippen LogP contribution in [0.2, 0.25) is 0 Å². The van der Waals surface area contributed by atoms with E-state index >= 15 is 0 Å². The van der Waals surface area contributed by atoms with Crippen LogP contribution in [0.15, 0.2) is 38.9 Å². The molecule has 304 valence electrons. The number of likely N-dealkylation sites (tertiary alicyclic amines) is 1. The normalized spacial score (nSPS) is 19.3. The first-order valence-corrected chi connectivity index (χ1v) is 19.6. The Morgan fingerprint density at radius 3 is 2.47 bits per heavy atom. The Kier molecular flexibility index (Phi) is 11.2. The molecule has 2 fully saturated rings. The number of phenolic OH excluding ortho intramolecular Hbond substituents is 2. The van der Waals surface area contributed by atoms with Crippen molar-refractivity contribution in [1.29, 1.82) is 0 Å². The zero-order valence-electron chi connectivity index (χ0n) is 30.9. The molecule has 3 aliphatic heterocycles. The zero-order valence-corrected chi connectivity index (χ0v) is 32.5. The number of hydrogen-bond donors (Lipinski definition) is 7. The number of oxime groups is 1. The molecule has 2 saturated heterocycles. The van der Waals surface area contributed by atoms with Gasteiger partial charge in [-0.2, -0.15) is 0 Å². The molecule has 2 aromatic heterocycles. The molecule has 0 aliphatic carbocycles. The number of halogens is 1. The molecule has 2 atom stereocenters. The van der Waals surface area contributed by atoms with Crippen LogP contribution in [0.25, 0.3) is 10.9 Å². The Balaban J connectivity index is 1.17. The summed E-state index contributed by atoms with van der Waals surface area (Å²) in [6.07, 6.45) is 2.88. The van der Waals surface area contributed by atoms with Crippen LogP contribution in [-0.4, -0.2) is 130 Å². The Labute approximate surface area is 331 Å². The summed E-state index contributed by atoms with van der Waals surface area (Å²) in [4.78, 5) is 88.2. The number of aliphatic carboxylic acids is 2. The van der Waals surface area contributed by atoms with Crippen molar-refractivity contribution in [2.45, 2.75) is 57.2 Å². The van der Waals surface area contributed by atoms with Gasteiger partial charge in [-0.15, -0.1) is 23.1 Å². The number of anilines is 1. The molecule has 6 rings (SSSR count). The predicted molar refractivity (Wildman–Crippen MR) is 204 cm³/mol. The van der Waals surface area contributed by atoms with Crippen molar-refractivity contribution in [3.8, 4) is 11.5 Å². The number of carboxylic acid groups (broad SMARTS) is 2. The van der Waals surface area contributed by atoms with Crippen LogP contribution < -0.4 is 21.8 Å². The minimum atomic E-state index is -1.82. The first-order valence-electron chi connectivity index (χ1n) is 17.7. The molecular weight excluding hydrogens is 792 g/mol.